The minimum absolute atomic E-state index is 0.561. The maximum Gasteiger partial charge on any atom is 0.115 e. The van der Waals surface area contributed by atoms with Crippen LogP contribution in [0.2, 0.25) is 0 Å². The summed E-state index contributed by atoms with van der Waals surface area (Å²) in [5, 5.41) is 15.6. The van der Waals surface area contributed by atoms with Crippen molar-refractivity contribution < 1.29 is 5.21 Å². The molecule has 0 unspecified atom stereocenters. The lowest BCUT2D eigenvalue weighted by Gasteiger charge is -2.17. The molecule has 1 aliphatic rings. The monoisotopic (exact) mass is 189 g/mol. The molecule has 0 radical (unpaired) electrons. The first kappa shape index (κ1) is 8.74. The summed E-state index contributed by atoms with van der Waals surface area (Å²) < 4.78 is 0. The molecule has 3 N–H and O–H groups in total. The number of hydrazone groups is 1. The predicted molar refractivity (Wildman–Crippen MR) is 54.7 cm³/mol. The average molecular weight is 189 g/mol. The van der Waals surface area contributed by atoms with E-state index < -0.39 is 0 Å². The second-order valence-corrected chi connectivity index (χ2v) is 3.18. The van der Waals surface area contributed by atoms with E-state index in [-0.39, 0.29) is 0 Å². The van der Waals surface area contributed by atoms with Crippen LogP contribution in [0.5, 0.6) is 0 Å². The van der Waals surface area contributed by atoms with Gasteiger partial charge in [-0.05, 0) is 18.4 Å². The second kappa shape index (κ2) is 3.49. The highest BCUT2D eigenvalue weighted by Crippen LogP contribution is 2.19. The Labute approximate surface area is 81.7 Å². The standard InChI is InChI=1S/C10H11N3O/c11-12-10-8-4-2-1-3-7(8)5-6-9(10)13-14/h1-4,14H,5-6,11H2/b12-10-,13-9+. The third-order valence-electron chi connectivity index (χ3n) is 2.43. The van der Waals surface area contributed by atoms with Gasteiger partial charge in [0.15, 0.2) is 0 Å². The van der Waals surface area contributed by atoms with Gasteiger partial charge in [0.1, 0.15) is 11.4 Å². The van der Waals surface area contributed by atoms with Crippen molar-refractivity contribution in [3.05, 3.63) is 35.4 Å². The zero-order valence-electron chi connectivity index (χ0n) is 7.64. The molecule has 4 nitrogen and oxygen atoms in total. The van der Waals surface area contributed by atoms with Gasteiger partial charge in [0.2, 0.25) is 0 Å². The van der Waals surface area contributed by atoms with E-state index in [2.05, 4.69) is 10.3 Å². The molecule has 0 saturated carbocycles. The van der Waals surface area contributed by atoms with Gasteiger partial charge in [-0.25, -0.2) is 0 Å². The summed E-state index contributed by atoms with van der Waals surface area (Å²) in [5.74, 6) is 5.28. The molecule has 14 heavy (non-hydrogen) atoms. The van der Waals surface area contributed by atoms with Gasteiger partial charge in [0.05, 0.1) is 0 Å². The zero-order valence-corrected chi connectivity index (χ0v) is 7.64. The third kappa shape index (κ3) is 1.25. The molecule has 0 fully saturated rings. The van der Waals surface area contributed by atoms with E-state index in [0.29, 0.717) is 17.8 Å². The first-order chi connectivity index (χ1) is 6.86. The van der Waals surface area contributed by atoms with Crippen molar-refractivity contribution in [1.29, 1.82) is 0 Å². The summed E-state index contributed by atoms with van der Waals surface area (Å²) in [6, 6.07) is 7.87. The van der Waals surface area contributed by atoms with Crippen molar-refractivity contribution in [2.75, 3.05) is 0 Å². The Morgan fingerprint density at radius 3 is 2.71 bits per heavy atom. The first-order valence-electron chi connectivity index (χ1n) is 4.44. The maximum absolute atomic E-state index is 8.77. The highest BCUT2D eigenvalue weighted by molar-refractivity contribution is 6.49. The Hall–Kier alpha value is -1.84. The normalized spacial score (nSPS) is 21.1. The van der Waals surface area contributed by atoms with E-state index in [1.807, 2.05) is 24.3 Å². The Morgan fingerprint density at radius 1 is 1.21 bits per heavy atom. The minimum atomic E-state index is 0.561. The lowest BCUT2D eigenvalue weighted by atomic mass is 9.89. The van der Waals surface area contributed by atoms with Crippen molar-refractivity contribution in [2.24, 2.45) is 16.1 Å². The smallest absolute Gasteiger partial charge is 0.115 e. The fraction of sp³-hybridized carbons (Fsp3) is 0.200. The van der Waals surface area contributed by atoms with Crippen LogP contribution in [0.1, 0.15) is 17.5 Å². The van der Waals surface area contributed by atoms with Gasteiger partial charge in [-0.1, -0.05) is 29.4 Å². The number of nitrogens with zero attached hydrogens (tertiary/aromatic N) is 2. The minimum Gasteiger partial charge on any atom is -0.411 e. The number of aryl methyl sites for hydroxylation is 1. The SMILES string of the molecule is N/N=C1\C(=N\O)CCc2ccccc21. The topological polar surface area (TPSA) is 71.0 Å². The number of nitrogens with two attached hydrogens (primary N) is 1. The fourth-order valence-corrected chi connectivity index (χ4v) is 1.74. The lowest BCUT2D eigenvalue weighted by Crippen LogP contribution is -2.24. The number of oxime groups is 1. The van der Waals surface area contributed by atoms with Crippen LogP contribution in [-0.4, -0.2) is 16.6 Å². The van der Waals surface area contributed by atoms with Crippen molar-refractivity contribution >= 4 is 11.4 Å². The van der Waals surface area contributed by atoms with Gasteiger partial charge in [-0.15, -0.1) is 0 Å². The Kier molecular flexibility index (Phi) is 2.18. The average Bonchev–Trinajstić information content (AvgIpc) is 2.27. The van der Waals surface area contributed by atoms with Gasteiger partial charge >= 0.3 is 0 Å². The van der Waals surface area contributed by atoms with E-state index >= 15 is 0 Å². The predicted octanol–water partition coefficient (Wildman–Crippen LogP) is 1.13. The molecule has 0 atom stereocenters. The number of hydrogen-bond donors (Lipinski definition) is 2. The van der Waals surface area contributed by atoms with Crippen LogP contribution in [0.4, 0.5) is 0 Å². The Balaban J connectivity index is 2.56. The molecule has 2 rings (SSSR count). The van der Waals surface area contributed by atoms with Crippen LogP contribution >= 0.6 is 0 Å². The number of benzene rings is 1. The summed E-state index contributed by atoms with van der Waals surface area (Å²) in [7, 11) is 0. The fourth-order valence-electron chi connectivity index (χ4n) is 1.74. The summed E-state index contributed by atoms with van der Waals surface area (Å²) in [6.45, 7) is 0. The van der Waals surface area contributed by atoms with Crippen LogP contribution in [0.3, 0.4) is 0 Å². The van der Waals surface area contributed by atoms with Gasteiger partial charge < -0.3 is 11.0 Å². The van der Waals surface area contributed by atoms with Crippen molar-refractivity contribution in [3.63, 3.8) is 0 Å². The van der Waals surface area contributed by atoms with Gasteiger partial charge in [-0.3, -0.25) is 0 Å². The maximum atomic E-state index is 8.77. The largest absolute Gasteiger partial charge is 0.411 e. The van der Waals surface area contributed by atoms with Crippen molar-refractivity contribution in [1.82, 2.24) is 0 Å². The van der Waals surface area contributed by atoms with Gasteiger partial charge in [0, 0.05) is 5.56 Å². The summed E-state index contributed by atoms with van der Waals surface area (Å²) in [5.41, 5.74) is 3.32. The van der Waals surface area contributed by atoms with E-state index in [1.165, 1.54) is 5.56 Å². The molecule has 1 aliphatic carbocycles. The Bertz CT molecular complexity index is 410. The van der Waals surface area contributed by atoms with Crippen molar-refractivity contribution in [2.45, 2.75) is 12.8 Å². The van der Waals surface area contributed by atoms with Gasteiger partial charge in [0.25, 0.3) is 0 Å². The van der Waals surface area contributed by atoms with E-state index in [1.54, 1.807) is 0 Å². The number of hydrogen-bond acceptors (Lipinski definition) is 4. The summed E-state index contributed by atoms with van der Waals surface area (Å²) in [4.78, 5) is 0. The molecule has 0 amide bonds. The molecule has 0 spiro atoms. The quantitative estimate of drug-likeness (QED) is 0.365. The third-order valence-corrected chi connectivity index (χ3v) is 2.43. The lowest BCUT2D eigenvalue weighted by molar-refractivity contribution is 0.318. The van der Waals surface area contributed by atoms with Crippen LogP contribution in [0, 0.1) is 0 Å². The van der Waals surface area contributed by atoms with Crippen LogP contribution in [0.25, 0.3) is 0 Å². The van der Waals surface area contributed by atoms with Gasteiger partial charge in [-0.2, -0.15) is 5.10 Å². The number of fused-ring (bicyclic) bond motifs is 1. The highest BCUT2D eigenvalue weighted by atomic mass is 16.4. The molecular formula is C10H11N3O. The molecular weight excluding hydrogens is 178 g/mol. The summed E-state index contributed by atoms with van der Waals surface area (Å²) >= 11 is 0. The van der Waals surface area contributed by atoms with Crippen molar-refractivity contribution in [3.8, 4) is 0 Å². The first-order valence-corrected chi connectivity index (χ1v) is 4.44. The second-order valence-electron chi connectivity index (χ2n) is 3.18. The summed E-state index contributed by atoms with van der Waals surface area (Å²) in [6.07, 6.45) is 1.55. The molecule has 0 aliphatic heterocycles. The van der Waals surface area contributed by atoms with E-state index in [9.17, 15) is 0 Å². The molecule has 0 heterocycles. The molecule has 0 aromatic heterocycles. The number of rotatable bonds is 0. The Morgan fingerprint density at radius 2 is 2.00 bits per heavy atom. The van der Waals surface area contributed by atoms with Crippen LogP contribution in [0.15, 0.2) is 34.5 Å². The van der Waals surface area contributed by atoms with E-state index in [0.717, 1.165) is 12.0 Å². The molecule has 72 valence electrons. The van der Waals surface area contributed by atoms with Crippen LogP contribution in [-0.2, 0) is 6.42 Å². The molecule has 1 aromatic carbocycles. The molecule has 0 bridgehead atoms. The zero-order chi connectivity index (χ0) is 9.97. The molecule has 4 heteroatoms. The van der Waals surface area contributed by atoms with Crippen LogP contribution < -0.4 is 5.84 Å². The van der Waals surface area contributed by atoms with E-state index in [4.69, 9.17) is 11.0 Å². The highest BCUT2D eigenvalue weighted by Gasteiger charge is 2.21. The molecule has 1 aromatic rings. The molecule has 0 saturated heterocycles.